The summed E-state index contributed by atoms with van der Waals surface area (Å²) < 4.78 is 43.0. The Bertz CT molecular complexity index is 1120. The number of sulfonamides is 1. The average molecular weight is 432 g/mol. The Labute approximate surface area is 149 Å². The number of halogens is 2. The number of anilines is 1. The Morgan fingerprint density at radius 2 is 2.04 bits per heavy atom. The van der Waals surface area contributed by atoms with Gasteiger partial charge in [-0.1, -0.05) is 15.9 Å². The van der Waals surface area contributed by atoms with Gasteiger partial charge in [0.25, 0.3) is 15.6 Å². The molecule has 2 heterocycles. The molecule has 3 rings (SSSR count). The highest BCUT2D eigenvalue weighted by molar-refractivity contribution is 9.10. The van der Waals surface area contributed by atoms with Crippen molar-refractivity contribution in [2.75, 3.05) is 4.72 Å². The van der Waals surface area contributed by atoms with E-state index in [2.05, 4.69) is 25.6 Å². The number of aryl methyl sites for hydroxylation is 2. The third-order valence-electron chi connectivity index (χ3n) is 3.31. The number of fused-ring (bicyclic) bond motifs is 1. The van der Waals surface area contributed by atoms with Crippen molar-refractivity contribution in [2.45, 2.75) is 18.7 Å². The van der Waals surface area contributed by atoms with Gasteiger partial charge in [0.1, 0.15) is 5.82 Å². The summed E-state index contributed by atoms with van der Waals surface area (Å²) >= 11 is 4.34. The first-order chi connectivity index (χ1) is 11.2. The van der Waals surface area contributed by atoms with Crippen LogP contribution in [-0.4, -0.2) is 17.8 Å². The lowest BCUT2D eigenvalue weighted by molar-refractivity contribution is 0.595. The van der Waals surface area contributed by atoms with Crippen molar-refractivity contribution >= 4 is 47.9 Å². The molecule has 0 fully saturated rings. The van der Waals surface area contributed by atoms with E-state index in [0.29, 0.717) is 15.1 Å². The lowest BCUT2D eigenvalue weighted by Gasteiger charge is -2.11. The van der Waals surface area contributed by atoms with Gasteiger partial charge in [0.05, 0.1) is 11.4 Å². The minimum absolute atomic E-state index is 0.0619. The molecule has 6 nitrogen and oxygen atoms in total. The Balaban J connectivity index is 2.18. The van der Waals surface area contributed by atoms with E-state index in [0.717, 1.165) is 6.07 Å². The van der Waals surface area contributed by atoms with Gasteiger partial charge in [-0.25, -0.2) is 17.8 Å². The smallest absolute Gasteiger partial charge is 0.276 e. The fraction of sp³-hybridized carbons (Fsp3) is 0.143. The molecule has 0 saturated carbocycles. The van der Waals surface area contributed by atoms with Gasteiger partial charge < -0.3 is 0 Å². The van der Waals surface area contributed by atoms with Gasteiger partial charge >= 0.3 is 0 Å². The summed E-state index contributed by atoms with van der Waals surface area (Å²) in [7, 11) is -4.29. The summed E-state index contributed by atoms with van der Waals surface area (Å²) in [6, 6.07) is 3.89. The molecule has 0 spiro atoms. The molecule has 126 valence electrons. The largest absolute Gasteiger partial charge is 0.279 e. The fourth-order valence-corrected chi connectivity index (χ4v) is 4.79. The number of thiazole rings is 1. The van der Waals surface area contributed by atoms with Crippen molar-refractivity contribution < 1.29 is 12.8 Å². The van der Waals surface area contributed by atoms with Crippen molar-refractivity contribution in [3.05, 3.63) is 55.6 Å². The highest BCUT2D eigenvalue weighted by atomic mass is 79.9. The zero-order valence-electron chi connectivity index (χ0n) is 12.5. The molecule has 3 aromatic rings. The van der Waals surface area contributed by atoms with Gasteiger partial charge in [-0.05, 0) is 32.0 Å². The maximum atomic E-state index is 13.9. The minimum Gasteiger partial charge on any atom is -0.276 e. The second-order valence-electron chi connectivity index (χ2n) is 5.06. The Morgan fingerprint density at radius 3 is 2.71 bits per heavy atom. The van der Waals surface area contributed by atoms with E-state index in [1.807, 2.05) is 0 Å². The van der Waals surface area contributed by atoms with Gasteiger partial charge in [-0.15, -0.1) is 11.3 Å². The van der Waals surface area contributed by atoms with Gasteiger partial charge in [-0.2, -0.15) is 0 Å². The SMILES string of the molecule is Cc1nc2scc(C)n2c(=O)c1S(=O)(=O)Nc1ccc(Br)cc1F. The van der Waals surface area contributed by atoms with Crippen LogP contribution in [0.1, 0.15) is 11.4 Å². The van der Waals surface area contributed by atoms with Crippen molar-refractivity contribution in [3.8, 4) is 0 Å². The zero-order valence-corrected chi connectivity index (χ0v) is 15.7. The van der Waals surface area contributed by atoms with Crippen molar-refractivity contribution in [1.82, 2.24) is 9.38 Å². The first kappa shape index (κ1) is 17.1. The standard InChI is InChI=1S/C14H11BrFN3O3S2/c1-7-6-23-14-17-8(2)12(13(20)19(7)14)24(21,22)18-11-4-3-9(15)5-10(11)16/h3-6,18H,1-2H3. The summed E-state index contributed by atoms with van der Waals surface area (Å²) in [6.45, 7) is 3.11. The molecule has 1 aromatic carbocycles. The zero-order chi connectivity index (χ0) is 17.6. The average Bonchev–Trinajstić information content (AvgIpc) is 2.83. The minimum atomic E-state index is -4.29. The molecule has 0 atom stereocenters. The molecule has 0 saturated heterocycles. The molecule has 0 aliphatic rings. The molecule has 2 aromatic heterocycles. The van der Waals surface area contributed by atoms with Crippen LogP contribution in [-0.2, 0) is 10.0 Å². The third kappa shape index (κ3) is 2.85. The molecular formula is C14H11BrFN3O3S2. The van der Waals surface area contributed by atoms with Crippen molar-refractivity contribution in [1.29, 1.82) is 0 Å². The predicted octanol–water partition coefficient (Wildman–Crippen LogP) is 3.08. The fourth-order valence-electron chi connectivity index (χ4n) is 2.25. The van der Waals surface area contributed by atoms with Crippen LogP contribution in [0.25, 0.3) is 4.96 Å². The first-order valence-electron chi connectivity index (χ1n) is 6.66. The summed E-state index contributed by atoms with van der Waals surface area (Å²) in [5.41, 5.74) is -0.309. The topological polar surface area (TPSA) is 80.5 Å². The molecule has 0 amide bonds. The van der Waals surface area contributed by atoms with Gasteiger partial charge in [0.15, 0.2) is 9.86 Å². The van der Waals surface area contributed by atoms with E-state index in [1.165, 1.54) is 34.8 Å². The van der Waals surface area contributed by atoms with E-state index < -0.39 is 26.3 Å². The lowest BCUT2D eigenvalue weighted by atomic mass is 10.3. The van der Waals surface area contributed by atoms with Crippen LogP contribution < -0.4 is 10.3 Å². The Morgan fingerprint density at radius 1 is 1.33 bits per heavy atom. The first-order valence-corrected chi connectivity index (χ1v) is 9.81. The molecule has 0 bridgehead atoms. The normalized spacial score (nSPS) is 11.8. The van der Waals surface area contributed by atoms with Crippen molar-refractivity contribution in [3.63, 3.8) is 0 Å². The number of rotatable bonds is 3. The number of nitrogens with zero attached hydrogens (tertiary/aromatic N) is 2. The highest BCUT2D eigenvalue weighted by Crippen LogP contribution is 2.23. The van der Waals surface area contributed by atoms with Gasteiger partial charge in [0, 0.05) is 15.5 Å². The Hall–Kier alpha value is -1.78. The van der Waals surface area contributed by atoms with Crippen LogP contribution >= 0.6 is 27.3 Å². The molecule has 0 aliphatic heterocycles. The maximum Gasteiger partial charge on any atom is 0.279 e. The molecule has 0 radical (unpaired) electrons. The molecular weight excluding hydrogens is 421 g/mol. The summed E-state index contributed by atoms with van der Waals surface area (Å²) in [5, 5.41) is 1.71. The second-order valence-corrected chi connectivity index (χ2v) is 8.43. The van der Waals surface area contributed by atoms with Crippen LogP contribution in [0, 0.1) is 19.7 Å². The monoisotopic (exact) mass is 431 g/mol. The number of benzene rings is 1. The Kier molecular flexibility index (Phi) is 4.22. The van der Waals surface area contributed by atoms with Gasteiger partial charge in [-0.3, -0.25) is 13.9 Å². The maximum absolute atomic E-state index is 13.9. The predicted molar refractivity (Wildman–Crippen MR) is 93.7 cm³/mol. The third-order valence-corrected chi connectivity index (χ3v) is 6.25. The summed E-state index contributed by atoms with van der Waals surface area (Å²) in [4.78, 5) is 16.7. The van der Waals surface area contributed by atoms with Crippen LogP contribution in [0.5, 0.6) is 0 Å². The van der Waals surface area contributed by atoms with E-state index in [9.17, 15) is 17.6 Å². The molecule has 0 aliphatic carbocycles. The van der Waals surface area contributed by atoms with Crippen LogP contribution in [0.4, 0.5) is 10.1 Å². The molecule has 1 N–H and O–H groups in total. The number of hydrogen-bond donors (Lipinski definition) is 1. The number of aromatic nitrogens is 2. The lowest BCUT2D eigenvalue weighted by Crippen LogP contribution is -2.28. The van der Waals surface area contributed by atoms with E-state index in [4.69, 9.17) is 0 Å². The molecule has 24 heavy (non-hydrogen) atoms. The number of nitrogens with one attached hydrogen (secondary N) is 1. The molecule has 0 unspecified atom stereocenters. The second kappa shape index (κ2) is 5.94. The highest BCUT2D eigenvalue weighted by Gasteiger charge is 2.26. The van der Waals surface area contributed by atoms with E-state index >= 15 is 0 Å². The van der Waals surface area contributed by atoms with Crippen molar-refractivity contribution in [2.24, 2.45) is 0 Å². The van der Waals surface area contributed by atoms with E-state index in [1.54, 1.807) is 12.3 Å². The number of hydrogen-bond acceptors (Lipinski definition) is 5. The van der Waals surface area contributed by atoms with Crippen LogP contribution in [0.3, 0.4) is 0 Å². The molecule has 10 heteroatoms. The van der Waals surface area contributed by atoms with Crippen LogP contribution in [0.2, 0.25) is 0 Å². The summed E-state index contributed by atoms with van der Waals surface area (Å²) in [6.07, 6.45) is 0. The van der Waals surface area contributed by atoms with Gasteiger partial charge in [0.2, 0.25) is 0 Å². The quantitative estimate of drug-likeness (QED) is 0.690. The van der Waals surface area contributed by atoms with E-state index in [-0.39, 0.29) is 11.4 Å². The summed E-state index contributed by atoms with van der Waals surface area (Å²) in [5.74, 6) is -0.758. The van der Waals surface area contributed by atoms with Crippen LogP contribution in [0.15, 0.2) is 37.7 Å².